The summed E-state index contributed by atoms with van der Waals surface area (Å²) >= 11 is 0. The van der Waals surface area contributed by atoms with Crippen LogP contribution in [0.1, 0.15) is 22.5 Å². The molecule has 5 rings (SSSR count). The number of hydrogen-bond acceptors (Lipinski definition) is 6. The Balaban J connectivity index is 1.38. The SMILES string of the molecule is O=C(c1ccnc(Nc2ccc3c(c2)OCCO3)n1)N1CCCc2ccccc21. The summed E-state index contributed by atoms with van der Waals surface area (Å²) in [6.45, 7) is 1.76. The molecule has 0 saturated heterocycles. The van der Waals surface area contributed by atoms with Crippen LogP contribution in [0.3, 0.4) is 0 Å². The molecule has 3 heterocycles. The Bertz CT molecular complexity index is 1070. The van der Waals surface area contributed by atoms with Gasteiger partial charge in [0.15, 0.2) is 11.5 Å². The number of aryl methyl sites for hydroxylation is 1. The smallest absolute Gasteiger partial charge is 0.277 e. The van der Waals surface area contributed by atoms with Gasteiger partial charge in [-0.3, -0.25) is 4.79 Å². The lowest BCUT2D eigenvalue weighted by molar-refractivity contribution is 0.0980. The van der Waals surface area contributed by atoms with Gasteiger partial charge < -0.3 is 19.7 Å². The molecule has 0 saturated carbocycles. The van der Waals surface area contributed by atoms with E-state index in [1.165, 1.54) is 5.56 Å². The number of anilines is 3. The quantitative estimate of drug-likeness (QED) is 0.739. The molecule has 0 spiro atoms. The van der Waals surface area contributed by atoms with Crippen LogP contribution in [0.15, 0.2) is 54.7 Å². The largest absolute Gasteiger partial charge is 0.486 e. The van der Waals surface area contributed by atoms with Gasteiger partial charge in [-0.1, -0.05) is 18.2 Å². The number of para-hydroxylation sites is 1. The molecule has 7 heteroatoms. The van der Waals surface area contributed by atoms with Gasteiger partial charge in [0.25, 0.3) is 5.91 Å². The van der Waals surface area contributed by atoms with Crippen molar-refractivity contribution in [3.63, 3.8) is 0 Å². The Morgan fingerprint density at radius 1 is 1.03 bits per heavy atom. The Kier molecular flexibility index (Phi) is 4.48. The molecule has 0 radical (unpaired) electrons. The highest BCUT2D eigenvalue weighted by Gasteiger charge is 2.24. The van der Waals surface area contributed by atoms with Crippen LogP contribution in [0.4, 0.5) is 17.3 Å². The predicted molar refractivity (Wildman–Crippen MR) is 109 cm³/mol. The molecule has 1 aromatic heterocycles. The highest BCUT2D eigenvalue weighted by molar-refractivity contribution is 6.05. The predicted octanol–water partition coefficient (Wildman–Crippen LogP) is 3.58. The van der Waals surface area contributed by atoms with Crippen molar-refractivity contribution in [3.8, 4) is 11.5 Å². The van der Waals surface area contributed by atoms with E-state index in [9.17, 15) is 4.79 Å². The van der Waals surface area contributed by atoms with Crippen molar-refractivity contribution < 1.29 is 14.3 Å². The van der Waals surface area contributed by atoms with Gasteiger partial charge in [0, 0.05) is 30.2 Å². The van der Waals surface area contributed by atoms with Crippen molar-refractivity contribution in [1.29, 1.82) is 0 Å². The van der Waals surface area contributed by atoms with Gasteiger partial charge in [-0.25, -0.2) is 9.97 Å². The third-order valence-corrected chi connectivity index (χ3v) is 5.03. The summed E-state index contributed by atoms with van der Waals surface area (Å²) in [6.07, 6.45) is 3.52. The summed E-state index contributed by atoms with van der Waals surface area (Å²) in [7, 11) is 0. The van der Waals surface area contributed by atoms with Crippen molar-refractivity contribution in [1.82, 2.24) is 9.97 Å². The summed E-state index contributed by atoms with van der Waals surface area (Å²) in [6, 6.07) is 15.2. The van der Waals surface area contributed by atoms with Crippen LogP contribution in [0.5, 0.6) is 11.5 Å². The lowest BCUT2D eigenvalue weighted by Gasteiger charge is -2.29. The molecule has 7 nitrogen and oxygen atoms in total. The number of amides is 1. The molecule has 0 atom stereocenters. The Morgan fingerprint density at radius 2 is 1.90 bits per heavy atom. The zero-order valence-corrected chi connectivity index (χ0v) is 15.8. The number of aromatic nitrogens is 2. The molecule has 1 amide bonds. The number of fused-ring (bicyclic) bond motifs is 2. The molecule has 1 N–H and O–H groups in total. The number of nitrogens with one attached hydrogen (secondary N) is 1. The maximum Gasteiger partial charge on any atom is 0.277 e. The van der Waals surface area contributed by atoms with Gasteiger partial charge in [0.1, 0.15) is 18.9 Å². The number of carbonyl (C=O) groups excluding carboxylic acids is 1. The first kappa shape index (κ1) is 17.5. The Labute approximate surface area is 168 Å². The van der Waals surface area contributed by atoms with E-state index < -0.39 is 0 Å². The van der Waals surface area contributed by atoms with Crippen LogP contribution >= 0.6 is 0 Å². The highest BCUT2D eigenvalue weighted by atomic mass is 16.6. The normalized spacial score (nSPS) is 14.8. The molecular weight excluding hydrogens is 368 g/mol. The van der Waals surface area contributed by atoms with Crippen LogP contribution in [-0.2, 0) is 6.42 Å². The minimum Gasteiger partial charge on any atom is -0.486 e. The number of benzene rings is 2. The minimum absolute atomic E-state index is 0.121. The van der Waals surface area contributed by atoms with E-state index in [-0.39, 0.29) is 5.91 Å². The summed E-state index contributed by atoms with van der Waals surface area (Å²) in [5, 5.41) is 3.14. The van der Waals surface area contributed by atoms with Gasteiger partial charge >= 0.3 is 0 Å². The average molecular weight is 388 g/mol. The van der Waals surface area contributed by atoms with Crippen molar-refractivity contribution in [3.05, 3.63) is 66.0 Å². The molecule has 2 aliphatic heterocycles. The fraction of sp³-hybridized carbons (Fsp3) is 0.227. The summed E-state index contributed by atoms with van der Waals surface area (Å²) in [5.74, 6) is 1.64. The molecule has 0 aliphatic carbocycles. The van der Waals surface area contributed by atoms with Gasteiger partial charge in [0.2, 0.25) is 5.95 Å². The van der Waals surface area contributed by atoms with E-state index in [0.29, 0.717) is 37.2 Å². The molecule has 0 fully saturated rings. The van der Waals surface area contributed by atoms with E-state index in [2.05, 4.69) is 21.4 Å². The van der Waals surface area contributed by atoms with Gasteiger partial charge in [-0.2, -0.15) is 0 Å². The molecule has 0 bridgehead atoms. The summed E-state index contributed by atoms with van der Waals surface area (Å²) < 4.78 is 11.2. The number of nitrogens with zero attached hydrogens (tertiary/aromatic N) is 3. The fourth-order valence-corrected chi connectivity index (χ4v) is 3.67. The van der Waals surface area contributed by atoms with Gasteiger partial charge in [-0.05, 0) is 42.7 Å². The fourth-order valence-electron chi connectivity index (χ4n) is 3.67. The maximum atomic E-state index is 13.1. The maximum absolute atomic E-state index is 13.1. The lowest BCUT2D eigenvalue weighted by Crippen LogP contribution is -2.36. The first-order valence-electron chi connectivity index (χ1n) is 9.67. The van der Waals surface area contributed by atoms with E-state index in [1.807, 2.05) is 36.4 Å². The van der Waals surface area contributed by atoms with Crippen LogP contribution in [0.25, 0.3) is 0 Å². The second kappa shape index (κ2) is 7.43. The second-order valence-corrected chi connectivity index (χ2v) is 6.94. The van der Waals surface area contributed by atoms with Gasteiger partial charge in [0.05, 0.1) is 0 Å². The van der Waals surface area contributed by atoms with E-state index in [1.54, 1.807) is 17.2 Å². The van der Waals surface area contributed by atoms with E-state index in [4.69, 9.17) is 9.47 Å². The molecular formula is C22H20N4O3. The third-order valence-electron chi connectivity index (χ3n) is 5.03. The summed E-state index contributed by atoms with van der Waals surface area (Å²) in [4.78, 5) is 23.6. The number of ether oxygens (including phenoxy) is 2. The van der Waals surface area contributed by atoms with Crippen LogP contribution in [-0.4, -0.2) is 35.6 Å². The van der Waals surface area contributed by atoms with Crippen molar-refractivity contribution in [2.45, 2.75) is 12.8 Å². The molecule has 2 aromatic carbocycles. The first-order valence-corrected chi connectivity index (χ1v) is 9.67. The lowest BCUT2D eigenvalue weighted by atomic mass is 10.0. The number of hydrogen-bond donors (Lipinski definition) is 1. The molecule has 3 aromatic rings. The topological polar surface area (TPSA) is 76.6 Å². The zero-order valence-electron chi connectivity index (χ0n) is 15.8. The van der Waals surface area contributed by atoms with Crippen LogP contribution in [0.2, 0.25) is 0 Å². The van der Waals surface area contributed by atoms with Crippen molar-refractivity contribution in [2.24, 2.45) is 0 Å². The summed E-state index contributed by atoms with van der Waals surface area (Å²) in [5.41, 5.74) is 3.28. The second-order valence-electron chi connectivity index (χ2n) is 6.94. The van der Waals surface area contributed by atoms with Gasteiger partial charge in [-0.15, -0.1) is 0 Å². The van der Waals surface area contributed by atoms with Crippen molar-refractivity contribution >= 4 is 23.2 Å². The average Bonchev–Trinajstić information content (AvgIpc) is 2.78. The minimum atomic E-state index is -0.121. The van der Waals surface area contributed by atoms with Crippen molar-refractivity contribution in [2.75, 3.05) is 30.0 Å². The molecule has 2 aliphatic rings. The molecule has 29 heavy (non-hydrogen) atoms. The van der Waals surface area contributed by atoms with Crippen LogP contribution in [0, 0.1) is 0 Å². The zero-order chi connectivity index (χ0) is 19.6. The standard InChI is InChI=1S/C22H20N4O3/c27-21(26-11-3-5-15-4-1-2-6-18(15)26)17-9-10-23-22(25-17)24-16-7-8-19-20(14-16)29-13-12-28-19/h1-2,4,6-10,14H,3,5,11-13H2,(H,23,24,25). The first-order chi connectivity index (χ1) is 14.3. The van der Waals surface area contributed by atoms with Crippen LogP contribution < -0.4 is 19.7 Å². The Hall–Kier alpha value is -3.61. The Morgan fingerprint density at radius 3 is 2.83 bits per heavy atom. The monoisotopic (exact) mass is 388 g/mol. The van der Waals surface area contributed by atoms with E-state index >= 15 is 0 Å². The third kappa shape index (κ3) is 3.47. The molecule has 0 unspecified atom stereocenters. The molecule has 146 valence electrons. The highest BCUT2D eigenvalue weighted by Crippen LogP contribution is 2.33. The number of rotatable bonds is 3. The number of carbonyl (C=O) groups is 1. The van der Waals surface area contributed by atoms with E-state index in [0.717, 1.165) is 30.0 Å².